The smallest absolute Gasteiger partial charge is 0.172 e. The van der Waals surface area contributed by atoms with Crippen molar-refractivity contribution in [3.63, 3.8) is 0 Å². The van der Waals surface area contributed by atoms with Gasteiger partial charge in [0.1, 0.15) is 0 Å². The third-order valence-electron chi connectivity index (χ3n) is 3.45. The number of nitrogens with two attached hydrogens (primary N) is 1. The maximum atomic E-state index is 8.94. The molecule has 0 bridgehead atoms. The number of ether oxygens (including phenoxy) is 1. The third-order valence-corrected chi connectivity index (χ3v) is 3.45. The summed E-state index contributed by atoms with van der Waals surface area (Å²) in [5.41, 5.74) is 8.63. The molecule has 0 radical (unpaired) electrons. The molecule has 1 aliphatic rings. The van der Waals surface area contributed by atoms with Crippen LogP contribution in [0.2, 0.25) is 0 Å². The average Bonchev–Trinajstić information content (AvgIpc) is 2.41. The minimum absolute atomic E-state index is 0.144. The van der Waals surface area contributed by atoms with Crippen molar-refractivity contribution in [2.75, 3.05) is 18.1 Å². The Morgan fingerprint density at radius 1 is 1.47 bits per heavy atom. The summed E-state index contributed by atoms with van der Waals surface area (Å²) in [5.74, 6) is 0.144. The Labute approximate surface area is 113 Å². The van der Waals surface area contributed by atoms with Crippen molar-refractivity contribution in [2.24, 2.45) is 10.9 Å². The summed E-state index contributed by atoms with van der Waals surface area (Å²) < 4.78 is 5.64. The van der Waals surface area contributed by atoms with E-state index in [1.54, 1.807) is 0 Å². The van der Waals surface area contributed by atoms with E-state index >= 15 is 0 Å². The Hall–Kier alpha value is -1.75. The maximum absolute atomic E-state index is 8.94. The molecule has 2 rings (SSSR count). The molecule has 0 saturated carbocycles. The molecular formula is C14H21N3O2. The van der Waals surface area contributed by atoms with Crippen LogP contribution in [0.15, 0.2) is 23.4 Å². The van der Waals surface area contributed by atoms with Gasteiger partial charge in [0.15, 0.2) is 5.84 Å². The Morgan fingerprint density at radius 2 is 2.21 bits per heavy atom. The molecule has 0 amide bonds. The van der Waals surface area contributed by atoms with E-state index < -0.39 is 0 Å². The SMILES string of the molecule is Cc1ccc(N2CC(C)OCC2C)c(/C(N)=N/O)c1. The number of hydrogen-bond acceptors (Lipinski definition) is 4. The Balaban J connectivity index is 2.43. The Bertz CT molecular complexity index is 488. The monoisotopic (exact) mass is 263 g/mol. The van der Waals surface area contributed by atoms with Crippen molar-refractivity contribution in [1.82, 2.24) is 0 Å². The van der Waals surface area contributed by atoms with E-state index in [2.05, 4.69) is 23.9 Å². The molecule has 1 saturated heterocycles. The van der Waals surface area contributed by atoms with Crippen molar-refractivity contribution >= 4 is 11.5 Å². The Morgan fingerprint density at radius 3 is 2.89 bits per heavy atom. The minimum Gasteiger partial charge on any atom is -0.409 e. The van der Waals surface area contributed by atoms with Crippen molar-refractivity contribution in [2.45, 2.75) is 32.9 Å². The molecule has 1 fully saturated rings. The molecule has 2 unspecified atom stereocenters. The van der Waals surface area contributed by atoms with E-state index in [9.17, 15) is 0 Å². The van der Waals surface area contributed by atoms with Gasteiger partial charge in [-0.3, -0.25) is 0 Å². The molecule has 0 aliphatic carbocycles. The lowest BCUT2D eigenvalue weighted by atomic mass is 10.0. The standard InChI is InChI=1S/C14H21N3O2/c1-9-4-5-13(12(6-9)14(15)16-18)17-7-11(3)19-8-10(17)2/h4-6,10-11,18H,7-8H2,1-3H3,(H2,15,16). The van der Waals surface area contributed by atoms with Gasteiger partial charge in [-0.1, -0.05) is 16.8 Å². The number of hydrogen-bond donors (Lipinski definition) is 2. The summed E-state index contributed by atoms with van der Waals surface area (Å²) in [7, 11) is 0. The molecule has 1 aromatic carbocycles. The summed E-state index contributed by atoms with van der Waals surface area (Å²) in [4.78, 5) is 2.25. The number of amidine groups is 1. The molecule has 1 aliphatic heterocycles. The second kappa shape index (κ2) is 5.48. The molecule has 1 aromatic rings. The first kappa shape index (κ1) is 13.7. The third kappa shape index (κ3) is 2.81. The van der Waals surface area contributed by atoms with Gasteiger partial charge in [-0.25, -0.2) is 0 Å². The molecule has 5 nitrogen and oxygen atoms in total. The zero-order chi connectivity index (χ0) is 14.0. The molecular weight excluding hydrogens is 242 g/mol. The van der Waals surface area contributed by atoms with Crippen LogP contribution in [-0.2, 0) is 4.74 Å². The lowest BCUT2D eigenvalue weighted by molar-refractivity contribution is 0.0343. The predicted molar refractivity (Wildman–Crippen MR) is 75.9 cm³/mol. The van der Waals surface area contributed by atoms with Gasteiger partial charge in [-0.15, -0.1) is 0 Å². The quantitative estimate of drug-likeness (QED) is 0.369. The van der Waals surface area contributed by atoms with E-state index in [1.807, 2.05) is 25.1 Å². The summed E-state index contributed by atoms with van der Waals surface area (Å²) in [6.07, 6.45) is 0.178. The van der Waals surface area contributed by atoms with Crippen molar-refractivity contribution in [1.29, 1.82) is 0 Å². The van der Waals surface area contributed by atoms with Gasteiger partial charge in [0.2, 0.25) is 0 Å². The van der Waals surface area contributed by atoms with Crippen LogP contribution in [0.1, 0.15) is 25.0 Å². The minimum atomic E-state index is 0.144. The van der Waals surface area contributed by atoms with Gasteiger partial charge >= 0.3 is 0 Å². The number of oxime groups is 1. The van der Waals surface area contributed by atoms with E-state index in [0.717, 1.165) is 23.4 Å². The normalized spacial score (nSPS) is 24.6. The first-order valence-electron chi connectivity index (χ1n) is 6.49. The van der Waals surface area contributed by atoms with Crippen LogP contribution in [0.4, 0.5) is 5.69 Å². The number of morpholine rings is 1. The van der Waals surface area contributed by atoms with E-state index in [0.29, 0.717) is 6.61 Å². The number of nitrogens with zero attached hydrogens (tertiary/aromatic N) is 2. The highest BCUT2D eigenvalue weighted by Crippen LogP contribution is 2.26. The second-order valence-electron chi connectivity index (χ2n) is 5.15. The largest absolute Gasteiger partial charge is 0.409 e. The summed E-state index contributed by atoms with van der Waals surface area (Å²) in [5, 5.41) is 12.1. The summed E-state index contributed by atoms with van der Waals surface area (Å²) >= 11 is 0. The Kier molecular flexibility index (Phi) is 3.95. The van der Waals surface area contributed by atoms with Gasteiger partial charge in [0, 0.05) is 23.8 Å². The number of aryl methyl sites for hydroxylation is 1. The molecule has 1 heterocycles. The fourth-order valence-electron chi connectivity index (χ4n) is 2.40. The van der Waals surface area contributed by atoms with Crippen LogP contribution in [-0.4, -0.2) is 36.3 Å². The molecule has 2 atom stereocenters. The van der Waals surface area contributed by atoms with Crippen LogP contribution >= 0.6 is 0 Å². The lowest BCUT2D eigenvalue weighted by Crippen LogP contribution is -2.48. The molecule has 0 spiro atoms. The molecule has 19 heavy (non-hydrogen) atoms. The molecule has 5 heteroatoms. The molecule has 104 valence electrons. The molecule has 3 N–H and O–H groups in total. The van der Waals surface area contributed by atoms with Crippen LogP contribution < -0.4 is 10.6 Å². The van der Waals surface area contributed by atoms with E-state index in [4.69, 9.17) is 15.7 Å². The number of benzene rings is 1. The van der Waals surface area contributed by atoms with E-state index in [-0.39, 0.29) is 18.0 Å². The number of rotatable bonds is 2. The highest BCUT2D eigenvalue weighted by Gasteiger charge is 2.26. The zero-order valence-corrected chi connectivity index (χ0v) is 11.6. The van der Waals surface area contributed by atoms with E-state index in [1.165, 1.54) is 0 Å². The van der Waals surface area contributed by atoms with Crippen molar-refractivity contribution in [3.05, 3.63) is 29.3 Å². The fourth-order valence-corrected chi connectivity index (χ4v) is 2.40. The van der Waals surface area contributed by atoms with Gasteiger partial charge < -0.3 is 20.6 Å². The predicted octanol–water partition coefficient (Wildman–Crippen LogP) is 1.70. The van der Waals surface area contributed by atoms with Gasteiger partial charge in [-0.05, 0) is 32.9 Å². The first-order valence-corrected chi connectivity index (χ1v) is 6.49. The van der Waals surface area contributed by atoms with Crippen LogP contribution in [0, 0.1) is 6.92 Å². The molecule has 0 aromatic heterocycles. The summed E-state index contributed by atoms with van der Waals surface area (Å²) in [6.45, 7) is 7.64. The van der Waals surface area contributed by atoms with Gasteiger partial charge in [0.25, 0.3) is 0 Å². The first-order chi connectivity index (χ1) is 9.02. The second-order valence-corrected chi connectivity index (χ2v) is 5.15. The fraction of sp³-hybridized carbons (Fsp3) is 0.500. The van der Waals surface area contributed by atoms with Crippen LogP contribution in [0.3, 0.4) is 0 Å². The van der Waals surface area contributed by atoms with Crippen molar-refractivity contribution in [3.8, 4) is 0 Å². The zero-order valence-electron chi connectivity index (χ0n) is 11.6. The van der Waals surface area contributed by atoms with Gasteiger partial charge in [0.05, 0.1) is 12.7 Å². The number of anilines is 1. The van der Waals surface area contributed by atoms with Gasteiger partial charge in [-0.2, -0.15) is 0 Å². The highest BCUT2D eigenvalue weighted by molar-refractivity contribution is 6.02. The topological polar surface area (TPSA) is 71.1 Å². The highest BCUT2D eigenvalue weighted by atomic mass is 16.5. The average molecular weight is 263 g/mol. The van der Waals surface area contributed by atoms with Crippen molar-refractivity contribution < 1.29 is 9.94 Å². The maximum Gasteiger partial charge on any atom is 0.172 e. The lowest BCUT2D eigenvalue weighted by Gasteiger charge is -2.39. The van der Waals surface area contributed by atoms with Crippen LogP contribution in [0.25, 0.3) is 0 Å². The summed E-state index contributed by atoms with van der Waals surface area (Å²) in [6, 6.07) is 6.27. The van der Waals surface area contributed by atoms with Crippen LogP contribution in [0.5, 0.6) is 0 Å².